The van der Waals surface area contributed by atoms with Gasteiger partial charge in [-0.2, -0.15) is 17.5 Å². The van der Waals surface area contributed by atoms with Gasteiger partial charge in [-0.3, -0.25) is 0 Å². The van der Waals surface area contributed by atoms with Gasteiger partial charge < -0.3 is 4.74 Å². The molecule has 4 nitrogen and oxygen atoms in total. The molecule has 0 saturated carbocycles. The maximum Gasteiger partial charge on any atom is 0.425 e. The lowest BCUT2D eigenvalue weighted by Gasteiger charge is -2.22. The summed E-state index contributed by atoms with van der Waals surface area (Å²) in [4.78, 5) is -1.20. The third-order valence-corrected chi connectivity index (χ3v) is 6.23. The van der Waals surface area contributed by atoms with Crippen LogP contribution in [0, 0.1) is 0 Å². The maximum absolute atomic E-state index is 12.6. The Labute approximate surface area is 125 Å². The van der Waals surface area contributed by atoms with Crippen LogP contribution in [-0.4, -0.2) is 38.5 Å². The van der Waals surface area contributed by atoms with Crippen LogP contribution in [0.2, 0.25) is 0 Å². The van der Waals surface area contributed by atoms with Crippen molar-refractivity contribution in [2.24, 2.45) is 0 Å². The molecule has 0 aliphatic carbocycles. The largest absolute Gasteiger partial charge is 0.425 e. The molecule has 1 aliphatic rings. The van der Waals surface area contributed by atoms with Crippen molar-refractivity contribution in [3.05, 3.63) is 16.3 Å². The molecule has 0 amide bonds. The van der Waals surface area contributed by atoms with Crippen molar-refractivity contribution in [1.29, 1.82) is 0 Å². The van der Waals surface area contributed by atoms with Gasteiger partial charge in [0.15, 0.2) is 0 Å². The molecule has 2 rings (SSSR count). The molecule has 1 saturated heterocycles. The number of rotatable bonds is 3. The first kappa shape index (κ1) is 16.7. The third-order valence-electron chi connectivity index (χ3n) is 3.26. The molecule has 1 aromatic rings. The summed E-state index contributed by atoms with van der Waals surface area (Å²) in [5.74, 6) is 0. The summed E-state index contributed by atoms with van der Waals surface area (Å²) >= 11 is 0.397. The molecule has 120 valence electrons. The molecule has 0 radical (unpaired) electrons. The Bertz CT molecular complexity index is 583. The van der Waals surface area contributed by atoms with Gasteiger partial charge in [0, 0.05) is 25.1 Å². The second-order valence-corrected chi connectivity index (χ2v) is 7.61. The predicted octanol–water partition coefficient (Wildman–Crippen LogP) is 2.96. The van der Waals surface area contributed by atoms with Gasteiger partial charge in [0.05, 0.1) is 11.0 Å². The third kappa shape index (κ3) is 3.77. The summed E-state index contributed by atoms with van der Waals surface area (Å²) in [5, 5.41) is 1.05. The molecular formula is C12H16F3NO3S2. The van der Waals surface area contributed by atoms with Crippen molar-refractivity contribution in [2.45, 2.75) is 36.9 Å². The topological polar surface area (TPSA) is 46.6 Å². The van der Waals surface area contributed by atoms with E-state index < -0.39 is 21.1 Å². The summed E-state index contributed by atoms with van der Waals surface area (Å²) < 4.78 is 69.4. The first-order valence-corrected chi connectivity index (χ1v) is 8.84. The summed E-state index contributed by atoms with van der Waals surface area (Å²) in [7, 11) is -3.90. The highest BCUT2D eigenvalue weighted by Gasteiger charge is 2.36. The minimum Gasteiger partial charge on any atom is -0.377 e. The van der Waals surface area contributed by atoms with E-state index in [-0.39, 0.29) is 24.1 Å². The van der Waals surface area contributed by atoms with Crippen LogP contribution < -0.4 is 0 Å². The number of hydrogen-bond donors (Lipinski definition) is 0. The maximum atomic E-state index is 12.6. The highest BCUT2D eigenvalue weighted by molar-refractivity contribution is 7.89. The molecular weight excluding hydrogens is 327 g/mol. The number of nitrogens with zero attached hydrogens (tertiary/aromatic N) is 1. The average Bonchev–Trinajstić information content (AvgIpc) is 2.78. The molecule has 0 bridgehead atoms. The van der Waals surface area contributed by atoms with Gasteiger partial charge in [-0.15, -0.1) is 11.3 Å². The zero-order chi connectivity index (χ0) is 15.7. The lowest BCUT2D eigenvalue weighted by molar-refractivity contribution is -0.134. The van der Waals surface area contributed by atoms with E-state index >= 15 is 0 Å². The smallest absolute Gasteiger partial charge is 0.377 e. The predicted molar refractivity (Wildman–Crippen MR) is 72.7 cm³/mol. The highest BCUT2D eigenvalue weighted by Crippen LogP contribution is 2.36. The van der Waals surface area contributed by atoms with E-state index in [1.54, 1.807) is 0 Å². The minimum atomic E-state index is -4.52. The Morgan fingerprint density at radius 1 is 1.48 bits per heavy atom. The molecule has 0 spiro atoms. The Morgan fingerprint density at radius 2 is 2.19 bits per heavy atom. The summed E-state index contributed by atoms with van der Waals surface area (Å²) in [6.45, 7) is 2.78. The number of halogens is 3. The van der Waals surface area contributed by atoms with Crippen molar-refractivity contribution in [1.82, 2.24) is 4.31 Å². The van der Waals surface area contributed by atoms with Gasteiger partial charge in [-0.05, 0) is 18.9 Å². The normalized spacial score (nSPS) is 22.2. The average molecular weight is 343 g/mol. The van der Waals surface area contributed by atoms with Crippen LogP contribution in [0.4, 0.5) is 13.2 Å². The number of sulfonamides is 1. The molecule has 1 atom stereocenters. The van der Waals surface area contributed by atoms with E-state index in [9.17, 15) is 21.6 Å². The zero-order valence-corrected chi connectivity index (χ0v) is 13.0. The summed E-state index contributed by atoms with van der Waals surface area (Å²) in [6.07, 6.45) is -3.55. The lowest BCUT2D eigenvalue weighted by Crippen LogP contribution is -2.36. The quantitative estimate of drug-likeness (QED) is 0.848. The van der Waals surface area contributed by atoms with E-state index in [1.807, 2.05) is 6.92 Å². The second kappa shape index (κ2) is 6.23. The zero-order valence-electron chi connectivity index (χ0n) is 11.4. The summed E-state index contributed by atoms with van der Waals surface area (Å²) in [6, 6.07) is 0.701. The molecule has 2 heterocycles. The highest BCUT2D eigenvalue weighted by atomic mass is 32.2. The van der Waals surface area contributed by atoms with Gasteiger partial charge in [0.1, 0.15) is 4.88 Å². The van der Waals surface area contributed by atoms with E-state index in [4.69, 9.17) is 4.74 Å². The van der Waals surface area contributed by atoms with Gasteiger partial charge in [0.25, 0.3) is 0 Å². The standard InChI is InChI=1S/C12H16F3NO3S2/c1-2-9-7-16(4-3-5-19-9)21(17,18)10-6-11(20-8-10)12(13,14)15/h6,8-9H,2-5,7H2,1H3. The van der Waals surface area contributed by atoms with Gasteiger partial charge >= 0.3 is 6.18 Å². The van der Waals surface area contributed by atoms with Crippen LogP contribution in [0.5, 0.6) is 0 Å². The van der Waals surface area contributed by atoms with Crippen LogP contribution in [0.1, 0.15) is 24.6 Å². The van der Waals surface area contributed by atoms with Crippen LogP contribution in [-0.2, 0) is 20.9 Å². The lowest BCUT2D eigenvalue weighted by atomic mass is 10.3. The fourth-order valence-electron chi connectivity index (χ4n) is 2.08. The molecule has 0 aromatic carbocycles. The molecule has 1 unspecified atom stereocenters. The Balaban J connectivity index is 2.26. The monoisotopic (exact) mass is 343 g/mol. The van der Waals surface area contributed by atoms with Crippen LogP contribution in [0.25, 0.3) is 0 Å². The van der Waals surface area contributed by atoms with E-state index in [0.717, 1.165) is 5.38 Å². The number of alkyl halides is 3. The Kier molecular flexibility index (Phi) is 4.96. The second-order valence-electron chi connectivity index (χ2n) is 4.76. The molecule has 9 heteroatoms. The number of thiophene rings is 1. The SMILES string of the molecule is CCC1CN(S(=O)(=O)c2csc(C(F)(F)F)c2)CCCO1. The van der Waals surface area contributed by atoms with Crippen LogP contribution in [0.15, 0.2) is 16.3 Å². The molecule has 1 aliphatic heterocycles. The van der Waals surface area contributed by atoms with Crippen molar-refractivity contribution in [3.63, 3.8) is 0 Å². The number of hydrogen-bond acceptors (Lipinski definition) is 4. The minimum absolute atomic E-state index is 0.177. The fraction of sp³-hybridized carbons (Fsp3) is 0.667. The van der Waals surface area contributed by atoms with E-state index in [1.165, 1.54) is 4.31 Å². The molecule has 1 aromatic heterocycles. The van der Waals surface area contributed by atoms with Crippen molar-refractivity contribution in [3.8, 4) is 0 Å². The van der Waals surface area contributed by atoms with Gasteiger partial charge in [-0.25, -0.2) is 8.42 Å². The molecule has 1 fully saturated rings. The van der Waals surface area contributed by atoms with Crippen LogP contribution >= 0.6 is 11.3 Å². The number of ether oxygens (including phenoxy) is 1. The molecule has 0 N–H and O–H groups in total. The molecule has 21 heavy (non-hydrogen) atoms. The van der Waals surface area contributed by atoms with Gasteiger partial charge in [-0.1, -0.05) is 6.92 Å². The van der Waals surface area contributed by atoms with E-state index in [2.05, 4.69) is 0 Å². The first-order chi connectivity index (χ1) is 9.75. The summed E-state index contributed by atoms with van der Waals surface area (Å²) in [5.41, 5.74) is 0. The first-order valence-electron chi connectivity index (χ1n) is 6.52. The van der Waals surface area contributed by atoms with Crippen molar-refractivity contribution >= 4 is 21.4 Å². The van der Waals surface area contributed by atoms with Crippen LogP contribution in [0.3, 0.4) is 0 Å². The Hall–Kier alpha value is -0.640. The van der Waals surface area contributed by atoms with Crippen molar-refractivity contribution in [2.75, 3.05) is 19.7 Å². The van der Waals surface area contributed by atoms with Crippen molar-refractivity contribution < 1.29 is 26.3 Å². The van der Waals surface area contributed by atoms with E-state index in [0.29, 0.717) is 36.9 Å². The Morgan fingerprint density at radius 3 is 2.76 bits per heavy atom. The fourth-order valence-corrected chi connectivity index (χ4v) is 4.72. The van der Waals surface area contributed by atoms with Gasteiger partial charge in [0.2, 0.25) is 10.0 Å².